The molecule has 0 unspecified atom stereocenters. The van der Waals surface area contributed by atoms with Crippen molar-refractivity contribution < 1.29 is 9.59 Å². The Labute approximate surface area is 269 Å². The van der Waals surface area contributed by atoms with Gasteiger partial charge in [-0.25, -0.2) is 4.98 Å². The molecule has 0 bridgehead atoms. The number of hydrogen-bond acceptors (Lipinski definition) is 4. The molecule has 1 saturated heterocycles. The minimum absolute atomic E-state index is 0.0595. The van der Waals surface area contributed by atoms with E-state index in [9.17, 15) is 9.59 Å². The lowest BCUT2D eigenvalue weighted by Gasteiger charge is -2.27. The molecule has 4 aromatic carbocycles. The van der Waals surface area contributed by atoms with Crippen molar-refractivity contribution in [3.63, 3.8) is 0 Å². The van der Waals surface area contributed by atoms with Crippen molar-refractivity contribution in [2.75, 3.05) is 13.1 Å². The van der Waals surface area contributed by atoms with Gasteiger partial charge >= 0.3 is 0 Å². The van der Waals surface area contributed by atoms with Crippen LogP contribution in [0.3, 0.4) is 0 Å². The molecule has 1 aliphatic carbocycles. The third-order valence-electron chi connectivity index (χ3n) is 9.28. The summed E-state index contributed by atoms with van der Waals surface area (Å²) in [4.78, 5) is 36.1. The number of benzene rings is 4. The molecule has 2 aliphatic rings. The minimum atomic E-state index is -0.737. The summed E-state index contributed by atoms with van der Waals surface area (Å²) in [6.45, 7) is 1.61. The number of nitrogens with zero attached hydrogens (tertiary/aromatic N) is 1. The van der Waals surface area contributed by atoms with Gasteiger partial charge in [0, 0.05) is 18.8 Å². The Kier molecular flexibility index (Phi) is 8.74. The molecule has 1 aromatic heterocycles. The summed E-state index contributed by atoms with van der Waals surface area (Å²) in [7, 11) is 0. The zero-order chi connectivity index (χ0) is 31.3. The number of amides is 2. The Balaban J connectivity index is 1.18. The van der Waals surface area contributed by atoms with Gasteiger partial charge in [-0.3, -0.25) is 9.59 Å². The standard InChI is InChI=1S/C39H39N5O2/c45-38(30-18-20-40-21-19-30)44-35(23-26-14-15-27-8-4-5-12-31(27)22-26)39(46)43-34(24-32-17-16-28-9-6-7-13-33(28)32)37-41-25-36(42-37)29-10-2-1-3-11-29/h1-15,17,22,25,30,34-35,40H,16,18-21,23-24H2,(H,41,42)(H,43,46)(H,44,45)/t34-,35-/m1/s1. The fourth-order valence-electron chi connectivity index (χ4n) is 6.72. The van der Waals surface area contributed by atoms with Gasteiger partial charge in [0.25, 0.3) is 0 Å². The van der Waals surface area contributed by atoms with E-state index in [0.717, 1.165) is 59.9 Å². The van der Waals surface area contributed by atoms with Crippen molar-refractivity contribution in [2.24, 2.45) is 5.92 Å². The van der Waals surface area contributed by atoms with Gasteiger partial charge in [0.05, 0.1) is 17.9 Å². The van der Waals surface area contributed by atoms with Crippen LogP contribution in [0.25, 0.3) is 27.6 Å². The predicted molar refractivity (Wildman–Crippen MR) is 183 cm³/mol. The Hall–Kier alpha value is -5.01. The van der Waals surface area contributed by atoms with Crippen LogP contribution >= 0.6 is 0 Å². The molecule has 232 valence electrons. The third-order valence-corrected chi connectivity index (χ3v) is 9.28. The number of piperidine rings is 1. The van der Waals surface area contributed by atoms with E-state index in [4.69, 9.17) is 4.98 Å². The van der Waals surface area contributed by atoms with Gasteiger partial charge in [-0.05, 0) is 71.0 Å². The highest BCUT2D eigenvalue weighted by molar-refractivity contribution is 5.90. The summed E-state index contributed by atoms with van der Waals surface area (Å²) in [5, 5.41) is 12.1. The van der Waals surface area contributed by atoms with E-state index in [1.807, 2.05) is 48.7 Å². The first-order chi connectivity index (χ1) is 22.6. The molecule has 7 nitrogen and oxygen atoms in total. The number of carbonyl (C=O) groups is 2. The number of fused-ring (bicyclic) bond motifs is 2. The van der Waals surface area contributed by atoms with Crippen LogP contribution in [-0.2, 0) is 22.4 Å². The SMILES string of the molecule is O=C(N[C@H](Cc1ccc2ccccc2c1)C(=O)N[C@H](CC1=CCc2ccccc21)c1ncc(-c2ccccc2)[nH]1)C1CCNCC1. The molecule has 2 atom stereocenters. The largest absolute Gasteiger partial charge is 0.344 e. The highest BCUT2D eigenvalue weighted by atomic mass is 16.2. The molecule has 1 fully saturated rings. The van der Waals surface area contributed by atoms with Crippen LogP contribution in [-0.4, -0.2) is 40.9 Å². The zero-order valence-corrected chi connectivity index (χ0v) is 25.8. The van der Waals surface area contributed by atoms with E-state index < -0.39 is 12.1 Å². The maximum atomic E-state index is 14.3. The molecule has 0 spiro atoms. The maximum absolute atomic E-state index is 14.3. The van der Waals surface area contributed by atoms with Crippen molar-refractivity contribution in [1.29, 1.82) is 0 Å². The Bertz CT molecular complexity index is 1870. The maximum Gasteiger partial charge on any atom is 0.243 e. The number of H-pyrrole nitrogens is 1. The zero-order valence-electron chi connectivity index (χ0n) is 25.8. The fraction of sp³-hybridized carbons (Fsp3) is 0.256. The lowest BCUT2D eigenvalue weighted by molar-refractivity contribution is -0.132. The Morgan fingerprint density at radius 3 is 2.43 bits per heavy atom. The molecular formula is C39H39N5O2. The van der Waals surface area contributed by atoms with Gasteiger partial charge in [-0.1, -0.05) is 103 Å². The van der Waals surface area contributed by atoms with Crippen molar-refractivity contribution in [2.45, 2.75) is 44.2 Å². The highest BCUT2D eigenvalue weighted by Gasteiger charge is 2.30. The second kappa shape index (κ2) is 13.5. The van der Waals surface area contributed by atoms with Crippen LogP contribution in [0.2, 0.25) is 0 Å². The second-order valence-corrected chi connectivity index (χ2v) is 12.4. The molecule has 4 N–H and O–H groups in total. The topological polar surface area (TPSA) is 98.9 Å². The van der Waals surface area contributed by atoms with E-state index >= 15 is 0 Å². The number of imidazole rings is 1. The average molecular weight is 610 g/mol. The van der Waals surface area contributed by atoms with Crippen LogP contribution in [0.1, 0.15) is 47.8 Å². The highest BCUT2D eigenvalue weighted by Crippen LogP contribution is 2.34. The fourth-order valence-corrected chi connectivity index (χ4v) is 6.72. The van der Waals surface area contributed by atoms with Crippen LogP contribution in [0.5, 0.6) is 0 Å². The summed E-state index contributed by atoms with van der Waals surface area (Å²) in [6.07, 6.45) is 7.44. The molecule has 2 heterocycles. The summed E-state index contributed by atoms with van der Waals surface area (Å²) in [5.41, 5.74) is 6.60. The van der Waals surface area contributed by atoms with Gasteiger partial charge in [-0.2, -0.15) is 0 Å². The number of rotatable bonds is 10. The lowest BCUT2D eigenvalue weighted by atomic mass is 9.95. The summed E-state index contributed by atoms with van der Waals surface area (Å²) in [5.74, 6) is 0.301. The molecule has 7 heteroatoms. The third kappa shape index (κ3) is 6.65. The van der Waals surface area contributed by atoms with E-state index in [1.54, 1.807) is 0 Å². The van der Waals surface area contributed by atoms with Gasteiger partial charge in [0.15, 0.2) is 0 Å². The Morgan fingerprint density at radius 2 is 1.59 bits per heavy atom. The van der Waals surface area contributed by atoms with E-state index in [1.165, 1.54) is 16.7 Å². The molecule has 2 amide bonds. The second-order valence-electron chi connectivity index (χ2n) is 12.4. The molecule has 46 heavy (non-hydrogen) atoms. The minimum Gasteiger partial charge on any atom is -0.344 e. The number of carbonyl (C=O) groups excluding carboxylic acids is 2. The Morgan fingerprint density at radius 1 is 0.826 bits per heavy atom. The number of aromatic nitrogens is 2. The van der Waals surface area contributed by atoms with Crippen LogP contribution < -0.4 is 16.0 Å². The first kappa shape index (κ1) is 29.7. The number of allylic oxidation sites excluding steroid dienone is 1. The normalized spacial score (nSPS) is 16.0. The quantitative estimate of drug-likeness (QED) is 0.153. The molecule has 0 saturated carbocycles. The predicted octanol–water partition coefficient (Wildman–Crippen LogP) is 6.14. The molecule has 0 radical (unpaired) electrons. The first-order valence-electron chi connectivity index (χ1n) is 16.3. The average Bonchev–Trinajstić information content (AvgIpc) is 3.76. The summed E-state index contributed by atoms with van der Waals surface area (Å²) < 4.78 is 0. The van der Waals surface area contributed by atoms with Crippen molar-refractivity contribution in [3.8, 4) is 11.3 Å². The van der Waals surface area contributed by atoms with Gasteiger partial charge in [-0.15, -0.1) is 0 Å². The number of hydrogen-bond donors (Lipinski definition) is 4. The molecule has 1 aliphatic heterocycles. The van der Waals surface area contributed by atoms with Crippen LogP contribution in [0.4, 0.5) is 0 Å². The number of nitrogens with one attached hydrogen (secondary N) is 4. The summed E-state index contributed by atoms with van der Waals surface area (Å²) >= 11 is 0. The smallest absolute Gasteiger partial charge is 0.243 e. The monoisotopic (exact) mass is 609 g/mol. The summed E-state index contributed by atoms with van der Waals surface area (Å²) in [6, 6.07) is 31.8. The lowest BCUT2D eigenvalue weighted by Crippen LogP contribution is -2.51. The molecule has 7 rings (SSSR count). The van der Waals surface area contributed by atoms with Crippen molar-refractivity contribution in [3.05, 3.63) is 132 Å². The molecular weight excluding hydrogens is 570 g/mol. The van der Waals surface area contributed by atoms with E-state index in [-0.39, 0.29) is 17.7 Å². The van der Waals surface area contributed by atoms with E-state index in [0.29, 0.717) is 18.7 Å². The van der Waals surface area contributed by atoms with Gasteiger partial charge in [0.1, 0.15) is 11.9 Å². The van der Waals surface area contributed by atoms with E-state index in [2.05, 4.69) is 81.6 Å². The van der Waals surface area contributed by atoms with Crippen molar-refractivity contribution in [1.82, 2.24) is 25.9 Å². The number of aromatic amines is 1. The molecule has 5 aromatic rings. The van der Waals surface area contributed by atoms with Gasteiger partial charge < -0.3 is 20.9 Å². The van der Waals surface area contributed by atoms with Crippen LogP contribution in [0.15, 0.2) is 109 Å². The van der Waals surface area contributed by atoms with Crippen LogP contribution in [0, 0.1) is 5.92 Å². The first-order valence-corrected chi connectivity index (χ1v) is 16.3. The van der Waals surface area contributed by atoms with Gasteiger partial charge in [0.2, 0.25) is 11.8 Å². The van der Waals surface area contributed by atoms with Crippen molar-refractivity contribution >= 4 is 28.2 Å².